The molecule has 1 aromatic rings. The summed E-state index contributed by atoms with van der Waals surface area (Å²) in [5.74, 6) is -0.769. The maximum Gasteiger partial charge on any atom is 0.433 e. The molecule has 1 aromatic heterocycles. The lowest BCUT2D eigenvalue weighted by molar-refractivity contribution is -0.141. The highest BCUT2D eigenvalue weighted by Gasteiger charge is 2.34. The second-order valence-corrected chi connectivity index (χ2v) is 4.42. The van der Waals surface area contributed by atoms with Crippen LogP contribution in [0.4, 0.5) is 19.0 Å². The van der Waals surface area contributed by atoms with Gasteiger partial charge in [0.1, 0.15) is 11.5 Å². The average molecular weight is 289 g/mol. The third kappa shape index (κ3) is 3.85. The van der Waals surface area contributed by atoms with E-state index in [0.29, 0.717) is 13.1 Å². The van der Waals surface area contributed by atoms with Gasteiger partial charge in [-0.05, 0) is 25.0 Å². The molecule has 0 aromatic carbocycles. The number of primary amides is 1. The monoisotopic (exact) mass is 289 g/mol. The summed E-state index contributed by atoms with van der Waals surface area (Å²) in [4.78, 5) is 16.6. The lowest BCUT2D eigenvalue weighted by Crippen LogP contribution is -2.30. The summed E-state index contributed by atoms with van der Waals surface area (Å²) >= 11 is 0. The zero-order valence-electron chi connectivity index (χ0n) is 11.5. The van der Waals surface area contributed by atoms with Crippen LogP contribution >= 0.6 is 0 Å². The molecule has 0 saturated heterocycles. The van der Waals surface area contributed by atoms with Crippen LogP contribution < -0.4 is 10.6 Å². The van der Waals surface area contributed by atoms with Crippen LogP contribution in [0.15, 0.2) is 12.1 Å². The Balaban J connectivity index is 3.33. The van der Waals surface area contributed by atoms with Crippen LogP contribution in [-0.4, -0.2) is 24.0 Å². The molecule has 0 bridgehead atoms. The molecule has 0 atom stereocenters. The van der Waals surface area contributed by atoms with E-state index in [9.17, 15) is 18.0 Å². The predicted molar refractivity (Wildman–Crippen MR) is 70.6 cm³/mol. The molecule has 1 amide bonds. The molecule has 4 nitrogen and oxygen atoms in total. The Hall–Kier alpha value is -1.79. The van der Waals surface area contributed by atoms with Gasteiger partial charge in [-0.1, -0.05) is 13.8 Å². The van der Waals surface area contributed by atoms with Crippen LogP contribution in [0.25, 0.3) is 0 Å². The van der Waals surface area contributed by atoms with Gasteiger partial charge in [0.2, 0.25) is 0 Å². The average Bonchev–Trinajstić information content (AvgIpc) is 2.36. The number of carbonyl (C=O) groups is 1. The van der Waals surface area contributed by atoms with Crippen LogP contribution in [0.5, 0.6) is 0 Å². The van der Waals surface area contributed by atoms with E-state index in [1.54, 1.807) is 4.90 Å². The van der Waals surface area contributed by atoms with E-state index >= 15 is 0 Å². The predicted octanol–water partition coefficient (Wildman–Crippen LogP) is 2.83. The van der Waals surface area contributed by atoms with Gasteiger partial charge in [-0.25, -0.2) is 4.98 Å². The van der Waals surface area contributed by atoms with Crippen molar-refractivity contribution in [2.45, 2.75) is 32.9 Å². The number of pyridine rings is 1. The number of carbonyl (C=O) groups excluding carboxylic acids is 1. The third-order valence-corrected chi connectivity index (χ3v) is 2.72. The lowest BCUT2D eigenvalue weighted by atomic mass is 10.2. The Morgan fingerprint density at radius 2 is 1.80 bits per heavy atom. The largest absolute Gasteiger partial charge is 0.433 e. The summed E-state index contributed by atoms with van der Waals surface area (Å²) in [6.45, 7) is 4.84. The minimum absolute atomic E-state index is 0.0102. The number of rotatable bonds is 6. The van der Waals surface area contributed by atoms with Crippen molar-refractivity contribution in [2.75, 3.05) is 18.0 Å². The molecule has 1 rings (SSSR count). The molecule has 0 aliphatic carbocycles. The van der Waals surface area contributed by atoms with Gasteiger partial charge in [-0.2, -0.15) is 13.2 Å². The van der Waals surface area contributed by atoms with Crippen molar-refractivity contribution < 1.29 is 18.0 Å². The fourth-order valence-corrected chi connectivity index (χ4v) is 1.90. The molecule has 7 heteroatoms. The molecular weight excluding hydrogens is 271 g/mol. The minimum Gasteiger partial charge on any atom is -0.365 e. The van der Waals surface area contributed by atoms with Crippen molar-refractivity contribution in [1.29, 1.82) is 0 Å². The van der Waals surface area contributed by atoms with E-state index in [-0.39, 0.29) is 11.4 Å². The van der Waals surface area contributed by atoms with E-state index in [1.807, 2.05) is 13.8 Å². The Labute approximate surface area is 115 Å². The molecular formula is C13H18F3N3O. The fraction of sp³-hybridized carbons (Fsp3) is 0.538. The lowest BCUT2D eigenvalue weighted by Gasteiger charge is -2.25. The van der Waals surface area contributed by atoms with Crippen molar-refractivity contribution >= 4 is 11.7 Å². The van der Waals surface area contributed by atoms with Crippen LogP contribution in [0.3, 0.4) is 0 Å². The molecule has 0 aliphatic heterocycles. The number of alkyl halides is 3. The number of hydrogen-bond acceptors (Lipinski definition) is 3. The van der Waals surface area contributed by atoms with Crippen molar-refractivity contribution in [3.63, 3.8) is 0 Å². The highest BCUT2D eigenvalue weighted by molar-refractivity contribution is 5.97. The zero-order valence-corrected chi connectivity index (χ0v) is 11.5. The SMILES string of the molecule is CCCN(CCC)c1nc(C(F)(F)F)ccc1C(N)=O. The number of nitrogens with zero attached hydrogens (tertiary/aromatic N) is 2. The quantitative estimate of drug-likeness (QED) is 0.876. The van der Waals surface area contributed by atoms with Gasteiger partial charge < -0.3 is 10.6 Å². The number of aromatic nitrogens is 1. The van der Waals surface area contributed by atoms with Crippen molar-refractivity contribution in [3.05, 3.63) is 23.4 Å². The summed E-state index contributed by atoms with van der Waals surface area (Å²) < 4.78 is 38.2. The molecule has 2 N–H and O–H groups in total. The Morgan fingerprint density at radius 1 is 1.25 bits per heavy atom. The van der Waals surface area contributed by atoms with E-state index in [0.717, 1.165) is 25.0 Å². The number of halogens is 3. The van der Waals surface area contributed by atoms with Gasteiger partial charge in [0, 0.05) is 13.1 Å². The molecule has 20 heavy (non-hydrogen) atoms. The Morgan fingerprint density at radius 3 is 2.20 bits per heavy atom. The minimum atomic E-state index is -4.55. The number of anilines is 1. The Bertz CT molecular complexity index is 468. The number of nitrogens with two attached hydrogens (primary N) is 1. The van der Waals surface area contributed by atoms with Crippen molar-refractivity contribution in [3.8, 4) is 0 Å². The van der Waals surface area contributed by atoms with Crippen LogP contribution in [0.1, 0.15) is 42.7 Å². The molecule has 1 heterocycles. The molecule has 0 radical (unpaired) electrons. The van der Waals surface area contributed by atoms with Gasteiger partial charge >= 0.3 is 6.18 Å². The van der Waals surface area contributed by atoms with Crippen LogP contribution in [-0.2, 0) is 6.18 Å². The normalized spacial score (nSPS) is 11.4. The van der Waals surface area contributed by atoms with Gasteiger partial charge in [-0.3, -0.25) is 4.79 Å². The summed E-state index contributed by atoms with van der Waals surface area (Å²) in [5.41, 5.74) is 4.21. The standard InChI is InChI=1S/C13H18F3N3O/c1-3-7-19(8-4-2)12-9(11(17)20)5-6-10(18-12)13(14,15)16/h5-6H,3-4,7-8H2,1-2H3,(H2,17,20). The first-order valence-corrected chi connectivity index (χ1v) is 6.44. The van der Waals surface area contributed by atoms with Gasteiger partial charge in [-0.15, -0.1) is 0 Å². The maximum atomic E-state index is 12.7. The molecule has 0 saturated carbocycles. The second kappa shape index (κ2) is 6.58. The summed E-state index contributed by atoms with van der Waals surface area (Å²) in [7, 11) is 0. The maximum absolute atomic E-state index is 12.7. The fourth-order valence-electron chi connectivity index (χ4n) is 1.90. The van der Waals surface area contributed by atoms with Gasteiger partial charge in [0.25, 0.3) is 5.91 Å². The molecule has 112 valence electrons. The van der Waals surface area contributed by atoms with E-state index < -0.39 is 17.8 Å². The molecule has 0 spiro atoms. The topological polar surface area (TPSA) is 59.2 Å². The molecule has 0 unspecified atom stereocenters. The van der Waals surface area contributed by atoms with Crippen molar-refractivity contribution in [2.24, 2.45) is 5.73 Å². The third-order valence-electron chi connectivity index (χ3n) is 2.72. The Kier molecular flexibility index (Phi) is 5.35. The van der Waals surface area contributed by atoms with Gasteiger partial charge in [0.05, 0.1) is 5.56 Å². The van der Waals surface area contributed by atoms with Crippen LogP contribution in [0, 0.1) is 0 Å². The van der Waals surface area contributed by atoms with Crippen molar-refractivity contribution in [1.82, 2.24) is 4.98 Å². The molecule has 0 fully saturated rings. The van der Waals surface area contributed by atoms with E-state index in [4.69, 9.17) is 5.73 Å². The first-order chi connectivity index (χ1) is 9.31. The summed E-state index contributed by atoms with van der Waals surface area (Å²) in [5, 5.41) is 0. The van der Waals surface area contributed by atoms with Gasteiger partial charge in [0.15, 0.2) is 0 Å². The van der Waals surface area contributed by atoms with E-state index in [2.05, 4.69) is 4.98 Å². The number of hydrogen-bond donors (Lipinski definition) is 1. The van der Waals surface area contributed by atoms with E-state index in [1.165, 1.54) is 0 Å². The second-order valence-electron chi connectivity index (χ2n) is 4.42. The molecule has 0 aliphatic rings. The highest BCUT2D eigenvalue weighted by atomic mass is 19.4. The van der Waals surface area contributed by atoms with Crippen LogP contribution in [0.2, 0.25) is 0 Å². The highest BCUT2D eigenvalue weighted by Crippen LogP contribution is 2.30. The first kappa shape index (κ1) is 16.3. The smallest absolute Gasteiger partial charge is 0.365 e. The number of amides is 1. The summed E-state index contributed by atoms with van der Waals surface area (Å²) in [6.07, 6.45) is -3.08. The summed E-state index contributed by atoms with van der Waals surface area (Å²) in [6, 6.07) is 1.87. The first-order valence-electron chi connectivity index (χ1n) is 6.44. The zero-order chi connectivity index (χ0) is 15.3.